The number of nitrogens with zero attached hydrogens (tertiary/aromatic N) is 2. The molecule has 0 spiro atoms. The van der Waals surface area contributed by atoms with Gasteiger partial charge in [0.1, 0.15) is 0 Å². The van der Waals surface area contributed by atoms with Gasteiger partial charge in [-0.3, -0.25) is 9.59 Å². The number of hydrogen-bond donors (Lipinski definition) is 1. The third-order valence-corrected chi connectivity index (χ3v) is 5.73. The van der Waals surface area contributed by atoms with E-state index in [0.717, 1.165) is 12.8 Å². The summed E-state index contributed by atoms with van der Waals surface area (Å²) in [6.07, 6.45) is 1.50. The van der Waals surface area contributed by atoms with Crippen LogP contribution in [0.3, 0.4) is 0 Å². The number of likely N-dealkylation sites (N-methyl/N-ethyl adjacent to an activating group) is 1. The van der Waals surface area contributed by atoms with E-state index in [2.05, 4.69) is 21.7 Å². The van der Waals surface area contributed by atoms with Gasteiger partial charge in [0.15, 0.2) is 0 Å². The van der Waals surface area contributed by atoms with Crippen molar-refractivity contribution < 1.29 is 9.59 Å². The second-order valence-corrected chi connectivity index (χ2v) is 9.04. The van der Waals surface area contributed by atoms with Crippen LogP contribution in [-0.2, 0) is 9.59 Å². The predicted molar refractivity (Wildman–Crippen MR) is 103 cm³/mol. The van der Waals surface area contributed by atoms with E-state index < -0.39 is 0 Å². The summed E-state index contributed by atoms with van der Waals surface area (Å²) in [5.74, 6) is 0.304. The summed E-state index contributed by atoms with van der Waals surface area (Å²) in [6.45, 7) is 7.81. The Labute approximate surface area is 155 Å². The number of hydrogen-bond acceptors (Lipinski definition) is 4. The van der Waals surface area contributed by atoms with Gasteiger partial charge in [0.05, 0.1) is 6.04 Å². The van der Waals surface area contributed by atoms with Crippen LogP contribution in [0.2, 0.25) is 0 Å². The summed E-state index contributed by atoms with van der Waals surface area (Å²) < 4.78 is 0. The van der Waals surface area contributed by atoms with Crippen molar-refractivity contribution in [1.82, 2.24) is 15.1 Å². The standard InChI is InChI=1S/C19H31N3O2S/c1-19(2,3)18(24)22-10-8-14(9-11-22)17(23)20-13-15(21(4)5)16-7-6-12-25-16/h6-7,12,14-15H,8-11,13H2,1-5H3,(H,20,23). The van der Waals surface area contributed by atoms with E-state index in [-0.39, 0.29) is 29.2 Å². The second-order valence-electron chi connectivity index (χ2n) is 8.06. The van der Waals surface area contributed by atoms with Gasteiger partial charge in [-0.25, -0.2) is 0 Å². The van der Waals surface area contributed by atoms with Crippen LogP contribution < -0.4 is 5.32 Å². The van der Waals surface area contributed by atoms with Crippen LogP contribution in [-0.4, -0.2) is 55.3 Å². The third-order valence-electron chi connectivity index (χ3n) is 4.76. The minimum Gasteiger partial charge on any atom is -0.354 e. The minimum absolute atomic E-state index is 0.00941. The van der Waals surface area contributed by atoms with E-state index >= 15 is 0 Å². The Morgan fingerprint density at radius 2 is 1.96 bits per heavy atom. The summed E-state index contributed by atoms with van der Waals surface area (Å²) in [5, 5.41) is 5.18. The van der Waals surface area contributed by atoms with Gasteiger partial charge in [0.2, 0.25) is 11.8 Å². The number of nitrogens with one attached hydrogen (secondary N) is 1. The van der Waals surface area contributed by atoms with Crippen LogP contribution in [0.4, 0.5) is 0 Å². The third kappa shape index (κ3) is 5.28. The van der Waals surface area contributed by atoms with Gasteiger partial charge in [-0.1, -0.05) is 26.8 Å². The van der Waals surface area contributed by atoms with Gasteiger partial charge < -0.3 is 15.1 Å². The average molecular weight is 366 g/mol. The van der Waals surface area contributed by atoms with Gasteiger partial charge in [0.25, 0.3) is 0 Å². The molecular weight excluding hydrogens is 334 g/mol. The zero-order valence-corrected chi connectivity index (χ0v) is 16.9. The molecule has 140 valence electrons. The lowest BCUT2D eigenvalue weighted by molar-refractivity contribution is -0.142. The van der Waals surface area contributed by atoms with Crippen LogP contribution >= 0.6 is 11.3 Å². The molecule has 6 heteroatoms. The minimum atomic E-state index is -0.352. The van der Waals surface area contributed by atoms with Crippen LogP contribution in [0.25, 0.3) is 0 Å². The van der Waals surface area contributed by atoms with Crippen LogP contribution in [0.15, 0.2) is 17.5 Å². The monoisotopic (exact) mass is 365 g/mol. The highest BCUT2D eigenvalue weighted by Crippen LogP contribution is 2.25. The van der Waals surface area contributed by atoms with Crippen LogP contribution in [0.1, 0.15) is 44.5 Å². The lowest BCUT2D eigenvalue weighted by Gasteiger charge is -2.35. The molecule has 0 radical (unpaired) electrons. The topological polar surface area (TPSA) is 52.7 Å². The molecule has 1 N–H and O–H groups in total. The molecule has 1 atom stereocenters. The number of thiophene rings is 1. The van der Waals surface area contributed by atoms with Crippen LogP contribution in [0.5, 0.6) is 0 Å². The van der Waals surface area contributed by atoms with Crippen molar-refractivity contribution in [2.45, 2.75) is 39.7 Å². The molecule has 0 saturated carbocycles. The molecule has 5 nitrogen and oxygen atoms in total. The highest BCUT2D eigenvalue weighted by Gasteiger charge is 2.32. The van der Waals surface area contributed by atoms with Crippen molar-refractivity contribution in [2.75, 3.05) is 33.7 Å². The van der Waals surface area contributed by atoms with Gasteiger partial charge in [-0.05, 0) is 38.4 Å². The Morgan fingerprint density at radius 1 is 1.32 bits per heavy atom. The normalized spacial score (nSPS) is 17.6. The molecule has 0 aromatic carbocycles. The fraction of sp³-hybridized carbons (Fsp3) is 0.684. The molecule has 0 bridgehead atoms. The predicted octanol–water partition coefficient (Wildman–Crippen LogP) is 2.75. The van der Waals surface area contributed by atoms with E-state index in [0.29, 0.717) is 19.6 Å². The van der Waals surface area contributed by atoms with E-state index in [1.165, 1.54) is 4.88 Å². The second kappa shape index (κ2) is 8.32. The molecule has 2 heterocycles. The first-order valence-corrected chi connectivity index (χ1v) is 9.85. The molecular formula is C19H31N3O2S. The van der Waals surface area contributed by atoms with E-state index in [9.17, 15) is 9.59 Å². The SMILES string of the molecule is CN(C)C(CNC(=O)C1CCN(C(=O)C(C)(C)C)CC1)c1cccs1. The summed E-state index contributed by atoms with van der Waals surface area (Å²) in [4.78, 5) is 30.2. The van der Waals surface area contributed by atoms with Crippen molar-refractivity contribution in [3.05, 3.63) is 22.4 Å². The Hall–Kier alpha value is -1.40. The number of amides is 2. The molecule has 1 aliphatic heterocycles. The molecule has 1 aromatic heterocycles. The average Bonchev–Trinajstić information content (AvgIpc) is 3.07. The van der Waals surface area contributed by atoms with Gasteiger partial charge in [-0.15, -0.1) is 11.3 Å². The molecule has 1 saturated heterocycles. The Bertz CT molecular complexity index is 570. The first kappa shape index (κ1) is 19.9. The lowest BCUT2D eigenvalue weighted by atomic mass is 9.90. The fourth-order valence-electron chi connectivity index (χ4n) is 3.18. The van der Waals surface area contributed by atoms with Crippen molar-refractivity contribution in [3.8, 4) is 0 Å². The number of likely N-dealkylation sites (tertiary alicyclic amines) is 1. The van der Waals surface area contributed by atoms with Crippen molar-refractivity contribution in [2.24, 2.45) is 11.3 Å². The van der Waals surface area contributed by atoms with Crippen LogP contribution in [0, 0.1) is 11.3 Å². The molecule has 1 fully saturated rings. The summed E-state index contributed by atoms with van der Waals surface area (Å²) in [7, 11) is 4.07. The summed E-state index contributed by atoms with van der Waals surface area (Å²) in [5.41, 5.74) is -0.352. The maximum atomic E-state index is 12.5. The smallest absolute Gasteiger partial charge is 0.227 e. The number of carbonyl (C=O) groups excluding carboxylic acids is 2. The number of carbonyl (C=O) groups is 2. The van der Waals surface area contributed by atoms with Crippen molar-refractivity contribution >= 4 is 23.2 Å². The quantitative estimate of drug-likeness (QED) is 0.873. The molecule has 25 heavy (non-hydrogen) atoms. The molecule has 2 amide bonds. The Balaban J connectivity index is 1.83. The van der Waals surface area contributed by atoms with Crippen molar-refractivity contribution in [1.29, 1.82) is 0 Å². The highest BCUT2D eigenvalue weighted by molar-refractivity contribution is 7.10. The number of rotatable bonds is 5. The van der Waals surface area contributed by atoms with Gasteiger partial charge in [-0.2, -0.15) is 0 Å². The zero-order chi connectivity index (χ0) is 18.6. The molecule has 2 rings (SSSR count). The van der Waals surface area contributed by atoms with Crippen molar-refractivity contribution in [3.63, 3.8) is 0 Å². The maximum Gasteiger partial charge on any atom is 0.227 e. The summed E-state index contributed by atoms with van der Waals surface area (Å²) in [6, 6.07) is 4.35. The van der Waals surface area contributed by atoms with E-state index in [1.54, 1.807) is 11.3 Å². The first-order chi connectivity index (χ1) is 11.7. The molecule has 1 aliphatic rings. The first-order valence-electron chi connectivity index (χ1n) is 8.97. The highest BCUT2D eigenvalue weighted by atomic mass is 32.1. The lowest BCUT2D eigenvalue weighted by Crippen LogP contribution is -2.47. The number of piperidine rings is 1. The Kier molecular flexibility index (Phi) is 6.63. The fourth-order valence-corrected chi connectivity index (χ4v) is 4.10. The Morgan fingerprint density at radius 3 is 2.44 bits per heavy atom. The molecule has 1 unspecified atom stereocenters. The molecule has 0 aliphatic carbocycles. The molecule has 1 aromatic rings. The van der Waals surface area contributed by atoms with Gasteiger partial charge in [0, 0.05) is 35.8 Å². The van der Waals surface area contributed by atoms with Gasteiger partial charge >= 0.3 is 0 Å². The van der Waals surface area contributed by atoms with E-state index in [1.807, 2.05) is 45.8 Å². The summed E-state index contributed by atoms with van der Waals surface area (Å²) >= 11 is 1.72. The largest absolute Gasteiger partial charge is 0.354 e. The zero-order valence-electron chi connectivity index (χ0n) is 16.0. The maximum absolute atomic E-state index is 12.5. The van der Waals surface area contributed by atoms with E-state index in [4.69, 9.17) is 0 Å².